The van der Waals surface area contributed by atoms with Crippen LogP contribution in [0.25, 0.3) is 22.2 Å². The summed E-state index contributed by atoms with van der Waals surface area (Å²) in [6, 6.07) is 14.1. The van der Waals surface area contributed by atoms with Gasteiger partial charge in [0.25, 0.3) is 0 Å². The summed E-state index contributed by atoms with van der Waals surface area (Å²) < 4.78 is 8.14. The summed E-state index contributed by atoms with van der Waals surface area (Å²) in [6.45, 7) is 4.61. The molecule has 2 aromatic carbocycles. The van der Waals surface area contributed by atoms with E-state index in [1.807, 2.05) is 59.8 Å². The molecule has 39 heavy (non-hydrogen) atoms. The predicted molar refractivity (Wildman–Crippen MR) is 155 cm³/mol. The van der Waals surface area contributed by atoms with Gasteiger partial charge in [-0.2, -0.15) is 0 Å². The average molecular weight is 520 g/mol. The van der Waals surface area contributed by atoms with Crippen LogP contribution in [0.5, 0.6) is 5.75 Å². The first-order chi connectivity index (χ1) is 19.1. The Labute approximate surface area is 226 Å². The topological polar surface area (TPSA) is 87.5 Å². The van der Waals surface area contributed by atoms with E-state index in [1.165, 1.54) is 22.7 Å². The molecule has 0 saturated carbocycles. The van der Waals surface area contributed by atoms with Gasteiger partial charge in [0.2, 0.25) is 11.9 Å². The highest BCUT2D eigenvalue weighted by atomic mass is 16.5. The third-order valence-electron chi connectivity index (χ3n) is 7.00. The molecule has 0 unspecified atom stereocenters. The molecular formula is C30H29N7O2. The van der Waals surface area contributed by atoms with E-state index in [0.29, 0.717) is 23.1 Å². The van der Waals surface area contributed by atoms with Crippen molar-refractivity contribution in [2.45, 2.75) is 19.4 Å². The predicted octanol–water partition coefficient (Wildman–Crippen LogP) is 5.62. The van der Waals surface area contributed by atoms with Crippen molar-refractivity contribution in [3.05, 3.63) is 91.8 Å². The number of anilines is 4. The molecule has 0 saturated heterocycles. The number of aromatic nitrogens is 3. The number of carbonyl (C=O) groups excluding carboxylic acids is 1. The number of hydrogen-bond donors (Lipinski definition) is 2. The van der Waals surface area contributed by atoms with Crippen molar-refractivity contribution in [2.75, 3.05) is 29.7 Å². The minimum absolute atomic E-state index is 0.317. The Kier molecular flexibility index (Phi) is 6.24. The maximum absolute atomic E-state index is 12.3. The standard InChI is InChI=1S/C30H29N7O2/c1-4-28(38)32-22-18-23(27(39-3)19-26(22)36-16-14-35(2)15-17-36)34-30-31-12-11-21(33-30)29-20-8-5-6-9-24(20)37-13-7-10-25(29)37/h4-6,8-9,11-12,14-19H,1,7,10,13H2,2-3H3,(H,32,38)(H,31,33,34). The lowest BCUT2D eigenvalue weighted by Gasteiger charge is -2.26. The van der Waals surface area contributed by atoms with Crippen molar-refractivity contribution in [3.63, 3.8) is 0 Å². The van der Waals surface area contributed by atoms with E-state index < -0.39 is 0 Å². The molecule has 2 aromatic heterocycles. The van der Waals surface area contributed by atoms with Gasteiger partial charge in [-0.25, -0.2) is 9.97 Å². The molecule has 1 amide bonds. The monoisotopic (exact) mass is 519 g/mol. The van der Waals surface area contributed by atoms with Crippen molar-refractivity contribution in [2.24, 2.45) is 0 Å². The van der Waals surface area contributed by atoms with Crippen LogP contribution in [0.15, 0.2) is 86.1 Å². The molecule has 9 nitrogen and oxygen atoms in total. The van der Waals surface area contributed by atoms with E-state index in [4.69, 9.17) is 9.72 Å². The zero-order chi connectivity index (χ0) is 26.9. The molecule has 6 rings (SSSR count). The van der Waals surface area contributed by atoms with Gasteiger partial charge in [0.05, 0.1) is 29.9 Å². The van der Waals surface area contributed by atoms with Gasteiger partial charge in [0.15, 0.2) is 0 Å². The molecular weight excluding hydrogens is 490 g/mol. The first-order valence-electron chi connectivity index (χ1n) is 12.8. The molecule has 0 radical (unpaired) electrons. The molecule has 0 bridgehead atoms. The van der Waals surface area contributed by atoms with Gasteiger partial charge in [-0.15, -0.1) is 0 Å². The van der Waals surface area contributed by atoms with Crippen molar-refractivity contribution >= 4 is 39.8 Å². The lowest BCUT2D eigenvalue weighted by molar-refractivity contribution is -0.111. The van der Waals surface area contributed by atoms with Crippen LogP contribution in [0.3, 0.4) is 0 Å². The third-order valence-corrected chi connectivity index (χ3v) is 7.00. The number of benzene rings is 2. The van der Waals surface area contributed by atoms with Gasteiger partial charge in [0.1, 0.15) is 5.75 Å². The van der Waals surface area contributed by atoms with Gasteiger partial charge in [-0.05, 0) is 37.1 Å². The van der Waals surface area contributed by atoms with Crippen molar-refractivity contribution in [1.29, 1.82) is 0 Å². The number of methoxy groups -OCH3 is 1. The van der Waals surface area contributed by atoms with Crippen molar-refractivity contribution in [1.82, 2.24) is 19.4 Å². The fraction of sp³-hybridized carbons (Fsp3) is 0.167. The van der Waals surface area contributed by atoms with Gasteiger partial charge in [0, 0.05) is 72.8 Å². The van der Waals surface area contributed by atoms with Crippen LogP contribution in [0.2, 0.25) is 0 Å². The van der Waals surface area contributed by atoms with E-state index in [2.05, 4.69) is 51.0 Å². The number of rotatable bonds is 7. The lowest BCUT2D eigenvalue weighted by Crippen LogP contribution is -2.19. The number of nitrogens with zero attached hydrogens (tertiary/aromatic N) is 5. The molecule has 4 heterocycles. The van der Waals surface area contributed by atoms with Crippen molar-refractivity contribution in [3.8, 4) is 17.0 Å². The number of carbonyl (C=O) groups is 1. The molecule has 2 aliphatic rings. The van der Waals surface area contributed by atoms with E-state index in [-0.39, 0.29) is 5.91 Å². The highest BCUT2D eigenvalue weighted by molar-refractivity contribution is 6.02. The molecule has 0 atom stereocenters. The molecule has 0 aliphatic carbocycles. The number of nitrogens with one attached hydrogen (secondary N) is 2. The highest BCUT2D eigenvalue weighted by Crippen LogP contribution is 2.40. The molecule has 4 aromatic rings. The average Bonchev–Trinajstić information content (AvgIpc) is 3.55. The second kappa shape index (κ2) is 10.0. The first-order valence-corrected chi connectivity index (χ1v) is 12.8. The van der Waals surface area contributed by atoms with Gasteiger partial charge in [-0.1, -0.05) is 24.8 Å². The largest absolute Gasteiger partial charge is 0.494 e. The maximum Gasteiger partial charge on any atom is 0.247 e. The smallest absolute Gasteiger partial charge is 0.247 e. The number of para-hydroxylation sites is 1. The van der Waals surface area contributed by atoms with Crippen LogP contribution in [-0.4, -0.2) is 39.5 Å². The van der Waals surface area contributed by atoms with Crippen LogP contribution >= 0.6 is 0 Å². The van der Waals surface area contributed by atoms with E-state index in [9.17, 15) is 4.79 Å². The molecule has 2 aliphatic heterocycles. The zero-order valence-electron chi connectivity index (χ0n) is 21.9. The fourth-order valence-corrected chi connectivity index (χ4v) is 5.19. The molecule has 0 spiro atoms. The Morgan fingerprint density at radius 1 is 1.10 bits per heavy atom. The SMILES string of the molecule is C=CC(=O)Nc1cc(Nc2nccc(-c3c4n(c5ccccc35)CCC4)n2)c(OC)cc1N1C=CN(C)C=C1. The van der Waals surface area contributed by atoms with E-state index >= 15 is 0 Å². The van der Waals surface area contributed by atoms with Gasteiger partial charge < -0.3 is 29.7 Å². The first kappa shape index (κ1) is 24.3. The molecule has 9 heteroatoms. The summed E-state index contributed by atoms with van der Waals surface area (Å²) in [5.74, 6) is 0.689. The normalized spacial score (nSPS) is 14.0. The summed E-state index contributed by atoms with van der Waals surface area (Å²) in [6.07, 6.45) is 12.8. The van der Waals surface area contributed by atoms with Gasteiger partial charge in [-0.3, -0.25) is 4.79 Å². The summed E-state index contributed by atoms with van der Waals surface area (Å²) in [5.41, 5.74) is 6.50. The minimum Gasteiger partial charge on any atom is -0.494 e. The summed E-state index contributed by atoms with van der Waals surface area (Å²) in [7, 11) is 3.55. The quantitative estimate of drug-likeness (QED) is 0.307. The van der Waals surface area contributed by atoms with Crippen LogP contribution in [0.4, 0.5) is 23.0 Å². The van der Waals surface area contributed by atoms with Crippen LogP contribution < -0.4 is 20.3 Å². The van der Waals surface area contributed by atoms with Crippen molar-refractivity contribution < 1.29 is 9.53 Å². The summed E-state index contributed by atoms with van der Waals surface area (Å²) in [5, 5.41) is 7.42. The van der Waals surface area contributed by atoms with Gasteiger partial charge >= 0.3 is 0 Å². The second-order valence-corrected chi connectivity index (χ2v) is 9.42. The Morgan fingerprint density at radius 3 is 2.72 bits per heavy atom. The number of amides is 1. The lowest BCUT2D eigenvalue weighted by atomic mass is 10.1. The Morgan fingerprint density at radius 2 is 1.92 bits per heavy atom. The number of aryl methyl sites for hydroxylation is 1. The number of ether oxygens (including phenoxy) is 1. The summed E-state index contributed by atoms with van der Waals surface area (Å²) >= 11 is 0. The fourth-order valence-electron chi connectivity index (χ4n) is 5.19. The Balaban J connectivity index is 1.39. The number of fused-ring (bicyclic) bond motifs is 3. The van der Waals surface area contributed by atoms with Crippen LogP contribution in [-0.2, 0) is 17.8 Å². The van der Waals surface area contributed by atoms with E-state index in [0.717, 1.165) is 36.3 Å². The molecule has 0 fully saturated rings. The molecule has 196 valence electrons. The van der Waals surface area contributed by atoms with Crippen LogP contribution in [0.1, 0.15) is 12.1 Å². The highest BCUT2D eigenvalue weighted by Gasteiger charge is 2.23. The Bertz CT molecular complexity index is 1640. The Hall–Kier alpha value is -5.05. The molecule has 2 N–H and O–H groups in total. The third kappa shape index (κ3) is 4.48. The van der Waals surface area contributed by atoms with Crippen LogP contribution in [0, 0.1) is 0 Å². The van der Waals surface area contributed by atoms with E-state index in [1.54, 1.807) is 13.3 Å². The minimum atomic E-state index is -0.317. The zero-order valence-corrected chi connectivity index (χ0v) is 21.9. The number of hydrogen-bond acceptors (Lipinski definition) is 7. The maximum atomic E-state index is 12.3. The summed E-state index contributed by atoms with van der Waals surface area (Å²) in [4.78, 5) is 25.5. The second-order valence-electron chi connectivity index (χ2n) is 9.42.